The normalized spacial score (nSPS) is 11.6. The van der Waals surface area contributed by atoms with Crippen molar-refractivity contribution in [3.8, 4) is 0 Å². The van der Waals surface area contributed by atoms with Crippen molar-refractivity contribution in [1.82, 2.24) is 60.5 Å². The number of nitrogens with two attached hydrogens (primary N) is 2. The standard InChI is InChI=1S/C20H21F3N8O3S.C14H19NO3.C13H13ClN4O.C12H15NO4.C9H11NO.C7H12N4O2S.C5HCl2F3N2.C2HF3O2.2CH4.ClH/c1-24-18(32)12-4-6-13(7-5-12)29-19-28-10-14(20(21,22)23)16(30-19)27-11-15-17(26-9-8-25-15)31(2)35(3,33)34;1-5-12(16)10-6-8-11(9-7-10)15-13(17)18-14(2,3)4;1-8-7-16-13(18-11(8)14)17-10-5-3-9(4-6-10)12(19)15-2;1-12(2,3)17-11(16)13-9-6-4-8(5-7-9)10(14)15;1-2-9(11)7-3-5-8(10)6-4-7;1-11(14(2,12)13)7-6(5-8)9-3-4-10-7;6-3-2(5(8,9)10)1-11-4(7)12-3;3-2(4,5)1(6)7;;;/h4-10H,11H2,1-3H3,(H,24,32)(H2,27,28,29,30);6-9H,5H2,1-4H3,(H,15,17);3-7H,1-2H3,(H,15,19)(H,16,17,18);4-7H,1-3H3,(H,13,16)(H,14,15);3-6H,2,10H2,1H3;3-4H,5,8H2,1-2H3;1H;(H,6,7);2*1H4;1H/i2D3;;2D3;;;;;;;;. The Balaban J connectivity index is 0.00000167. The van der Waals surface area contributed by atoms with E-state index in [1.54, 1.807) is 115 Å². The number of alkyl halides is 9. The Bertz CT molecular complexity index is 6090. The maximum atomic E-state index is 13.6. The van der Waals surface area contributed by atoms with Gasteiger partial charge in [0.2, 0.25) is 37.2 Å². The summed E-state index contributed by atoms with van der Waals surface area (Å²) >= 11 is 16.3. The van der Waals surface area contributed by atoms with Crippen LogP contribution in [0.1, 0.15) is 171 Å². The highest BCUT2D eigenvalue weighted by Gasteiger charge is 2.39. The number of sulfonamides is 2. The lowest BCUT2D eigenvalue weighted by atomic mass is 10.1. The predicted octanol–water partition coefficient (Wildman–Crippen LogP) is 17.6. The van der Waals surface area contributed by atoms with Crippen LogP contribution in [-0.2, 0) is 59.8 Å². The first-order valence-electron chi connectivity index (χ1n) is 40.6. The van der Waals surface area contributed by atoms with Crippen molar-refractivity contribution in [1.29, 1.82) is 0 Å². The van der Waals surface area contributed by atoms with Gasteiger partial charge in [0.15, 0.2) is 23.2 Å². The molecule has 0 aliphatic heterocycles. The largest absolute Gasteiger partial charge is 0.490 e. The fourth-order valence-electron chi connectivity index (χ4n) is 8.94. The van der Waals surface area contributed by atoms with Crippen molar-refractivity contribution in [2.75, 3.05) is 81.5 Å². The summed E-state index contributed by atoms with van der Waals surface area (Å²) in [5.41, 5.74) is 13.4. The lowest BCUT2D eigenvalue weighted by Gasteiger charge is -2.19. The van der Waals surface area contributed by atoms with Crippen molar-refractivity contribution >= 4 is 173 Å². The first-order valence-corrected chi connectivity index (χ1v) is 42.4. The minimum absolute atomic E-state index is 0. The van der Waals surface area contributed by atoms with E-state index in [2.05, 4.69) is 81.7 Å². The SMILES string of the molecule is C.C.CC(C)(C)OC(=O)Nc1ccc(C(=O)O)cc1.CCC(=O)c1ccc(N)cc1.CCC(=O)c1ccc(NC(=O)OC(C)(C)C)cc1.CN(c1nccnc1CN)S(C)(=O)=O.Cl.FC(F)(F)c1cnc(Cl)nc1Cl.O=C(O)C(F)(F)F.[2H]C([2H])([2H])N(c1nccnc1CNc1nc(Nc2ccc(C(=O)NC)cc2)ncc1C(F)(F)F)S(C)(=O)=O.[2H]C([2H])([2H])NC(=O)c1ccc(Nc2ncc(C)c(Cl)n2)cc1. The highest BCUT2D eigenvalue weighted by Crippen LogP contribution is 2.36. The molecule has 0 unspecified atom stereocenters. The van der Waals surface area contributed by atoms with Gasteiger partial charge >= 0.3 is 42.7 Å². The summed E-state index contributed by atoms with van der Waals surface area (Å²) < 4.78 is 210. The summed E-state index contributed by atoms with van der Waals surface area (Å²) in [4.78, 5) is 126. The van der Waals surface area contributed by atoms with Crippen LogP contribution in [0.15, 0.2) is 165 Å². The smallest absolute Gasteiger partial charge is 0.478 e. The molecule has 0 spiro atoms. The number of carboxylic acid groups (broad SMARTS) is 2. The second-order valence-corrected chi connectivity index (χ2v) is 33.0. The van der Waals surface area contributed by atoms with Gasteiger partial charge in [0.1, 0.15) is 44.1 Å². The minimum Gasteiger partial charge on any atom is -0.478 e. The van der Waals surface area contributed by atoms with Crippen molar-refractivity contribution in [3.05, 3.63) is 236 Å². The third-order valence-corrected chi connectivity index (χ3v) is 18.2. The fourth-order valence-corrected chi connectivity index (χ4v) is 10.4. The second-order valence-electron chi connectivity index (χ2n) is 28.1. The Morgan fingerprint density at radius 2 is 0.882 bits per heavy atom. The zero-order valence-electron chi connectivity index (χ0n) is 78.8. The maximum Gasteiger partial charge on any atom is 0.490 e. The molecular formula is C84H102Cl4F9N21O16S2. The summed E-state index contributed by atoms with van der Waals surface area (Å²) in [5, 5.41) is 32.7. The van der Waals surface area contributed by atoms with Crippen LogP contribution < -0.4 is 57.3 Å². The molecule has 742 valence electrons. The number of carboxylic acids is 2. The third-order valence-electron chi connectivity index (χ3n) is 15.4. The zero-order chi connectivity index (χ0) is 106. The molecular weight excluding hydrogens is 1940 g/mol. The quantitative estimate of drug-likeness (QED) is 0.0105. The molecule has 136 heavy (non-hydrogen) atoms. The summed E-state index contributed by atoms with van der Waals surface area (Å²) in [6.45, 7) is 10.1. The first kappa shape index (κ1) is 111. The molecule has 5 aromatic heterocycles. The highest BCUT2D eigenvalue weighted by atomic mass is 35.5. The molecule has 0 radical (unpaired) electrons. The van der Waals surface area contributed by atoms with Gasteiger partial charge in [0, 0.05) is 155 Å². The van der Waals surface area contributed by atoms with Crippen molar-refractivity contribution in [2.24, 2.45) is 5.73 Å². The molecule has 0 bridgehead atoms. The van der Waals surface area contributed by atoms with Crippen molar-refractivity contribution < 1.29 is 123 Å². The number of rotatable bonds is 21. The summed E-state index contributed by atoms with van der Waals surface area (Å²) in [7, 11) is -4.80. The van der Waals surface area contributed by atoms with Gasteiger partial charge in [-0.05, 0) is 181 Å². The maximum absolute atomic E-state index is 13.6. The molecule has 10 rings (SSSR count). The van der Waals surface area contributed by atoms with E-state index in [-0.39, 0.29) is 89.5 Å². The number of hydrogen-bond acceptors (Lipinski definition) is 29. The molecule has 10 aromatic rings. The molecule has 5 aromatic carbocycles. The van der Waals surface area contributed by atoms with Gasteiger partial charge in [0.25, 0.3) is 11.8 Å². The number of amides is 4. The second kappa shape index (κ2) is 56.0. The summed E-state index contributed by atoms with van der Waals surface area (Å²) in [6, 6.07) is 31.8. The number of Topliss-reactive ketones (excluding diaryl/α,β-unsaturated/α-hetero) is 2. The Morgan fingerprint density at radius 1 is 0.507 bits per heavy atom. The lowest BCUT2D eigenvalue weighted by molar-refractivity contribution is -0.192. The topological polar surface area (TPSA) is 535 Å². The van der Waals surface area contributed by atoms with Crippen LogP contribution in [0.5, 0.6) is 0 Å². The van der Waals surface area contributed by atoms with Gasteiger partial charge in [-0.2, -0.15) is 44.5 Å². The number of carbonyl (C=O) groups is 8. The van der Waals surface area contributed by atoms with Crippen LogP contribution in [0.3, 0.4) is 0 Å². The van der Waals surface area contributed by atoms with Crippen LogP contribution in [-0.4, -0.2) is 182 Å². The van der Waals surface area contributed by atoms with Gasteiger partial charge in [-0.25, -0.2) is 70.9 Å². The van der Waals surface area contributed by atoms with Gasteiger partial charge in [-0.1, -0.05) is 51.9 Å². The van der Waals surface area contributed by atoms with Crippen LogP contribution >= 0.6 is 47.2 Å². The number of aromatic carboxylic acids is 1. The van der Waals surface area contributed by atoms with E-state index in [0.29, 0.717) is 87.9 Å². The third kappa shape index (κ3) is 44.5. The molecule has 0 aliphatic carbocycles. The van der Waals surface area contributed by atoms with Gasteiger partial charge in [-0.3, -0.25) is 48.4 Å². The predicted molar refractivity (Wildman–Crippen MR) is 502 cm³/mol. The average molecular weight is 2040 g/mol. The number of carbonyl (C=O) groups excluding carboxylic acids is 6. The molecule has 5 heterocycles. The number of halogens is 13. The first-order chi connectivity index (χ1) is 64.0. The Kier molecular flexibility index (Phi) is 45.8. The fraction of sp³-hybridized carbons (Fsp3) is 0.310. The van der Waals surface area contributed by atoms with Crippen molar-refractivity contribution in [2.45, 2.75) is 133 Å². The van der Waals surface area contributed by atoms with E-state index in [9.17, 15) is 89.9 Å². The molecule has 0 aliphatic rings. The van der Waals surface area contributed by atoms with Crippen LogP contribution in [0.25, 0.3) is 0 Å². The molecule has 0 fully saturated rings. The van der Waals surface area contributed by atoms with Gasteiger partial charge < -0.3 is 57.7 Å². The average Bonchev–Trinajstić information content (AvgIpc) is 0.779. The molecule has 4 amide bonds. The van der Waals surface area contributed by atoms with Crippen LogP contribution in [0, 0.1) is 6.92 Å². The molecule has 0 saturated carbocycles. The number of nitrogens with zero attached hydrogens (tertiary/aromatic N) is 12. The molecule has 0 atom stereocenters. The Labute approximate surface area is 807 Å². The zero-order valence-corrected chi connectivity index (χ0v) is 77.5. The Hall–Kier alpha value is -13.6. The van der Waals surface area contributed by atoms with E-state index >= 15 is 0 Å². The number of hydrogen-bond donors (Lipinski definition) is 11. The van der Waals surface area contributed by atoms with Crippen molar-refractivity contribution in [3.63, 3.8) is 0 Å². The van der Waals surface area contributed by atoms with Gasteiger partial charge in [-0.15, -0.1) is 12.4 Å². The number of nitrogens with one attached hydrogen (secondary N) is 7. The monoisotopic (exact) mass is 2040 g/mol. The number of aromatic nitrogens is 10. The lowest BCUT2D eigenvalue weighted by Crippen LogP contribution is -2.27. The Morgan fingerprint density at radius 3 is 1.25 bits per heavy atom. The van der Waals surface area contributed by atoms with E-state index < -0.39 is 128 Å². The molecule has 0 saturated heterocycles. The van der Waals surface area contributed by atoms with E-state index in [1.165, 1.54) is 87.2 Å². The summed E-state index contributed by atoms with van der Waals surface area (Å²) in [5.74, 6) is -5.41. The summed E-state index contributed by atoms with van der Waals surface area (Å²) in [6.07, 6.45) is -5.04. The van der Waals surface area contributed by atoms with Gasteiger partial charge in [0.05, 0.1) is 30.3 Å². The number of anilines is 10. The number of ether oxygens (including phenoxy) is 2. The van der Waals surface area contributed by atoms with E-state index in [0.717, 1.165) is 34.1 Å². The highest BCUT2D eigenvalue weighted by molar-refractivity contribution is 7.92. The number of nitrogen functional groups attached to an aromatic ring is 1. The van der Waals surface area contributed by atoms with E-state index in [4.69, 9.17) is 79.0 Å². The van der Waals surface area contributed by atoms with Crippen LogP contribution in [0.2, 0.25) is 15.6 Å². The number of benzene rings is 5. The molecule has 13 N–H and O–H groups in total. The minimum atomic E-state index is -5.08. The number of aryl methyl sites for hydroxylation is 1. The van der Waals surface area contributed by atoms with E-state index in [1.807, 2.05) is 19.2 Å². The molecule has 37 nitrogen and oxygen atoms in total. The number of aliphatic carboxylic acids is 1. The van der Waals surface area contributed by atoms with Crippen LogP contribution in [0.4, 0.5) is 107 Å². The number of ketones is 2. The molecule has 52 heteroatoms.